The number of hydrogen-bond acceptors (Lipinski definition) is 0. The molecule has 0 unspecified atom stereocenters. The van der Waals surface area contributed by atoms with Crippen LogP contribution in [0.4, 0.5) is 0 Å². The van der Waals surface area contributed by atoms with Gasteiger partial charge in [-0.25, -0.2) is 0 Å². The van der Waals surface area contributed by atoms with Crippen molar-refractivity contribution < 1.29 is 0 Å². The number of hydrogen-bond donors (Lipinski definition) is 0. The van der Waals surface area contributed by atoms with Crippen molar-refractivity contribution in [3.63, 3.8) is 0 Å². The Labute approximate surface area is 136 Å². The molecular formula is C18H24ClSi2. The van der Waals surface area contributed by atoms with Crippen LogP contribution in [0.15, 0.2) is 42.5 Å². The molecule has 0 N–H and O–H groups in total. The van der Waals surface area contributed by atoms with Crippen molar-refractivity contribution in [2.75, 3.05) is 5.50 Å². The van der Waals surface area contributed by atoms with Crippen LogP contribution in [0.5, 0.6) is 0 Å². The summed E-state index contributed by atoms with van der Waals surface area (Å²) in [6, 6.07) is 16.0. The summed E-state index contributed by atoms with van der Waals surface area (Å²) in [5, 5.41) is 4.41. The molecule has 2 aromatic rings. The minimum absolute atomic E-state index is 0.725. The van der Waals surface area contributed by atoms with E-state index in [0.717, 1.165) is 5.50 Å². The number of halogens is 1. The first-order valence-corrected chi connectivity index (χ1v) is 13.2. The van der Waals surface area contributed by atoms with E-state index in [-0.39, 0.29) is 0 Å². The lowest BCUT2D eigenvalue weighted by Crippen LogP contribution is -2.48. The first kappa shape index (κ1) is 16.5. The Hall–Kier alpha value is -0.836. The number of alkyl halides is 1. The minimum Gasteiger partial charge on any atom is -0.130 e. The Bertz CT molecular complexity index is 629. The molecule has 0 saturated carbocycles. The van der Waals surface area contributed by atoms with E-state index in [2.05, 4.69) is 76.0 Å². The molecular weight excluding hydrogens is 308 g/mol. The molecule has 1 radical (unpaired) electrons. The zero-order valence-corrected chi connectivity index (χ0v) is 16.4. The molecule has 0 saturated heterocycles. The van der Waals surface area contributed by atoms with E-state index in [9.17, 15) is 0 Å². The fraction of sp³-hybridized carbons (Fsp3) is 0.333. The molecule has 0 bridgehead atoms. The van der Waals surface area contributed by atoms with Crippen LogP contribution >= 0.6 is 11.6 Å². The van der Waals surface area contributed by atoms with Crippen molar-refractivity contribution in [2.45, 2.75) is 33.5 Å². The van der Waals surface area contributed by atoms with Crippen molar-refractivity contribution in [3.05, 3.63) is 53.6 Å². The molecule has 0 aromatic heterocycles. The van der Waals surface area contributed by atoms with Crippen molar-refractivity contribution in [1.29, 1.82) is 0 Å². The quantitative estimate of drug-likeness (QED) is 0.596. The van der Waals surface area contributed by atoms with Crippen LogP contribution in [-0.2, 0) is 0 Å². The van der Waals surface area contributed by atoms with E-state index in [1.807, 2.05) is 0 Å². The topological polar surface area (TPSA) is 0 Å². The molecule has 21 heavy (non-hydrogen) atoms. The third-order valence-electron chi connectivity index (χ3n) is 3.79. The summed E-state index contributed by atoms with van der Waals surface area (Å²) < 4.78 is 0. The van der Waals surface area contributed by atoms with Gasteiger partial charge in [-0.05, 0) is 13.8 Å². The first-order valence-electron chi connectivity index (χ1n) is 7.42. The van der Waals surface area contributed by atoms with Crippen LogP contribution in [0.3, 0.4) is 0 Å². The Morgan fingerprint density at radius 3 is 2.14 bits per heavy atom. The maximum absolute atomic E-state index is 6.36. The summed E-state index contributed by atoms with van der Waals surface area (Å²) in [6.45, 7) is 11.6. The van der Waals surface area contributed by atoms with Crippen molar-refractivity contribution in [3.8, 4) is 0 Å². The second kappa shape index (κ2) is 6.51. The second-order valence-corrected chi connectivity index (χ2v) is 15.1. The second-order valence-electron chi connectivity index (χ2n) is 6.82. The summed E-state index contributed by atoms with van der Waals surface area (Å²) >= 11 is 6.36. The Morgan fingerprint density at radius 1 is 0.905 bits per heavy atom. The molecule has 2 aromatic carbocycles. The molecule has 0 spiro atoms. The van der Waals surface area contributed by atoms with Gasteiger partial charge in [-0.1, -0.05) is 88.8 Å². The molecule has 0 atom stereocenters. The van der Waals surface area contributed by atoms with Gasteiger partial charge in [0.05, 0.1) is 8.07 Å². The normalized spacial score (nSPS) is 12.0. The monoisotopic (exact) mass is 331 g/mol. The highest BCUT2D eigenvalue weighted by Gasteiger charge is 2.21. The van der Waals surface area contributed by atoms with Gasteiger partial charge in [0.1, 0.15) is 8.80 Å². The lowest BCUT2D eigenvalue weighted by Gasteiger charge is -2.21. The Morgan fingerprint density at radius 2 is 1.57 bits per heavy atom. The predicted molar refractivity (Wildman–Crippen MR) is 101 cm³/mol. The molecule has 0 nitrogen and oxygen atoms in total. The number of rotatable bonds is 4. The van der Waals surface area contributed by atoms with Gasteiger partial charge in [-0.15, -0.1) is 11.6 Å². The fourth-order valence-corrected chi connectivity index (χ4v) is 6.94. The van der Waals surface area contributed by atoms with Crippen LogP contribution in [0.1, 0.15) is 11.1 Å². The number of benzene rings is 2. The van der Waals surface area contributed by atoms with Crippen LogP contribution < -0.4 is 15.6 Å². The van der Waals surface area contributed by atoms with Crippen LogP contribution in [0, 0.1) is 13.8 Å². The molecule has 3 heteroatoms. The standard InChI is InChI=1S/C18H24ClSi2/c1-14-7-6-8-16(9-14)20(13-19)17-10-15(2)11-18(12-17)21(3,4)5/h6-12H,13H2,1-5H3. The molecule has 0 heterocycles. The van der Waals surface area contributed by atoms with Crippen molar-refractivity contribution in [2.24, 2.45) is 0 Å². The van der Waals surface area contributed by atoms with E-state index in [0.29, 0.717) is 0 Å². The van der Waals surface area contributed by atoms with Crippen molar-refractivity contribution in [1.82, 2.24) is 0 Å². The highest BCUT2D eigenvalue weighted by molar-refractivity contribution is 6.91. The van der Waals surface area contributed by atoms with Gasteiger partial charge in [0.25, 0.3) is 0 Å². The minimum atomic E-state index is -1.29. The molecule has 2 rings (SSSR count). The van der Waals surface area contributed by atoms with Gasteiger partial charge in [-0.3, -0.25) is 0 Å². The SMILES string of the molecule is Cc1cccc([Si](CCl)c2cc(C)cc([Si](C)(C)C)c2)c1. The maximum atomic E-state index is 6.36. The summed E-state index contributed by atoms with van der Waals surface area (Å²) in [7, 11) is -2.17. The van der Waals surface area contributed by atoms with Crippen LogP contribution in [-0.4, -0.2) is 22.4 Å². The fourth-order valence-electron chi connectivity index (χ4n) is 2.54. The molecule has 111 valence electrons. The van der Waals surface area contributed by atoms with Gasteiger partial charge < -0.3 is 0 Å². The Balaban J connectivity index is 2.50. The van der Waals surface area contributed by atoms with E-state index in [1.165, 1.54) is 26.7 Å². The summed E-state index contributed by atoms with van der Waals surface area (Å²) in [5.74, 6) is 0. The van der Waals surface area contributed by atoms with Gasteiger partial charge in [0, 0.05) is 5.50 Å². The third kappa shape index (κ3) is 4.09. The van der Waals surface area contributed by atoms with E-state index in [4.69, 9.17) is 11.6 Å². The first-order chi connectivity index (χ1) is 9.81. The average molecular weight is 332 g/mol. The summed E-state index contributed by atoms with van der Waals surface area (Å²) in [4.78, 5) is 0. The maximum Gasteiger partial charge on any atom is 0.136 e. The molecule has 0 aliphatic rings. The largest absolute Gasteiger partial charge is 0.136 e. The zero-order chi connectivity index (χ0) is 15.6. The predicted octanol–water partition coefficient (Wildman–Crippen LogP) is 3.24. The third-order valence-corrected chi connectivity index (χ3v) is 8.88. The lowest BCUT2D eigenvalue weighted by atomic mass is 10.2. The van der Waals surface area contributed by atoms with E-state index in [1.54, 1.807) is 0 Å². The highest BCUT2D eigenvalue weighted by Crippen LogP contribution is 2.05. The van der Waals surface area contributed by atoms with E-state index < -0.39 is 16.9 Å². The molecule has 0 amide bonds. The van der Waals surface area contributed by atoms with E-state index >= 15 is 0 Å². The number of aryl methyl sites for hydroxylation is 2. The van der Waals surface area contributed by atoms with Crippen LogP contribution in [0.2, 0.25) is 19.6 Å². The summed E-state index contributed by atoms with van der Waals surface area (Å²) in [5.41, 5.74) is 3.41. The van der Waals surface area contributed by atoms with Gasteiger partial charge in [0.15, 0.2) is 0 Å². The smallest absolute Gasteiger partial charge is 0.130 e. The Kier molecular flexibility index (Phi) is 5.13. The van der Waals surface area contributed by atoms with Crippen LogP contribution in [0.25, 0.3) is 0 Å². The molecule has 0 aliphatic carbocycles. The zero-order valence-electron chi connectivity index (χ0n) is 13.6. The van der Waals surface area contributed by atoms with Gasteiger partial charge in [0.2, 0.25) is 0 Å². The van der Waals surface area contributed by atoms with Gasteiger partial charge >= 0.3 is 0 Å². The highest BCUT2D eigenvalue weighted by atomic mass is 35.5. The summed E-state index contributed by atoms with van der Waals surface area (Å²) in [6.07, 6.45) is 0. The average Bonchev–Trinajstić information content (AvgIpc) is 2.38. The van der Waals surface area contributed by atoms with Gasteiger partial charge in [-0.2, -0.15) is 0 Å². The molecule has 0 fully saturated rings. The lowest BCUT2D eigenvalue weighted by molar-refractivity contribution is 1.48. The van der Waals surface area contributed by atoms with Crippen molar-refractivity contribution >= 4 is 44.0 Å². The molecule has 0 aliphatic heterocycles.